The van der Waals surface area contributed by atoms with E-state index in [1.165, 1.54) is 0 Å². The number of nitrogens with two attached hydrogens (primary N) is 1. The number of alkyl carbamates (subject to hydrolysis) is 1. The predicted molar refractivity (Wildman–Crippen MR) is 132 cm³/mol. The van der Waals surface area contributed by atoms with Gasteiger partial charge in [-0.15, -0.1) is 0 Å². The molecule has 35 heavy (non-hydrogen) atoms. The number of benzene rings is 2. The number of nitrogens with one attached hydrogen (secondary N) is 2. The highest BCUT2D eigenvalue weighted by Crippen LogP contribution is 2.24. The summed E-state index contributed by atoms with van der Waals surface area (Å²) in [6.45, 7) is 0.299. The van der Waals surface area contributed by atoms with Crippen molar-refractivity contribution in [2.75, 3.05) is 25.5 Å². The minimum atomic E-state index is -3.75. The molecule has 0 fully saturated rings. The van der Waals surface area contributed by atoms with Gasteiger partial charge in [0.1, 0.15) is 6.61 Å². The number of hydrogen-bond acceptors (Lipinski definition) is 8. The highest BCUT2D eigenvalue weighted by Gasteiger charge is 2.22. The van der Waals surface area contributed by atoms with Crippen LogP contribution >= 0.6 is 0 Å². The van der Waals surface area contributed by atoms with E-state index in [4.69, 9.17) is 14.4 Å². The zero-order valence-electron chi connectivity index (χ0n) is 19.7. The highest BCUT2D eigenvalue weighted by atomic mass is 32.2. The monoisotopic (exact) mass is 502 g/mol. The van der Waals surface area contributed by atoms with Crippen LogP contribution in [0.2, 0.25) is 0 Å². The molecule has 0 aliphatic heterocycles. The number of ether oxygens (including phenoxy) is 1. The van der Waals surface area contributed by atoms with Crippen molar-refractivity contribution in [1.29, 1.82) is 0 Å². The number of amides is 1. The second kappa shape index (κ2) is 12.3. The van der Waals surface area contributed by atoms with Gasteiger partial charge in [0.2, 0.25) is 0 Å². The average molecular weight is 503 g/mol. The molecule has 2 aromatic carbocycles. The van der Waals surface area contributed by atoms with E-state index in [-0.39, 0.29) is 13.2 Å². The Hall–Kier alpha value is -3.48. The van der Waals surface area contributed by atoms with E-state index in [9.17, 15) is 13.2 Å². The molecule has 1 atom stereocenters. The lowest BCUT2D eigenvalue weighted by molar-refractivity contribution is 0.134. The van der Waals surface area contributed by atoms with Crippen LogP contribution in [0.4, 0.5) is 10.5 Å². The van der Waals surface area contributed by atoms with Gasteiger partial charge in [-0.25, -0.2) is 14.7 Å². The fourth-order valence-electron chi connectivity index (χ4n) is 3.26. The third-order valence-corrected chi connectivity index (χ3v) is 5.72. The maximum Gasteiger partial charge on any atom is 0.408 e. The normalized spacial score (nSPS) is 12.2. The standard InChI is InChI=1S/C23H30N6O5S/c1-29(2)19-13-11-18(12-14-19)22-27-21(28-34-22)20(10-6-7-15-25-35(24,31)32)26-23(30)33-16-17-8-4-3-5-9-17/h3-5,8-9,11-14,20,25H,6-7,10,15-16H2,1-2H3,(H,26,30)(H2,24,31,32)/t20-/m0/s1. The van der Waals surface area contributed by atoms with E-state index < -0.39 is 22.3 Å². The Morgan fingerprint density at radius 1 is 1.11 bits per heavy atom. The van der Waals surface area contributed by atoms with Gasteiger partial charge in [0.05, 0.1) is 6.04 Å². The van der Waals surface area contributed by atoms with E-state index in [2.05, 4.69) is 20.2 Å². The van der Waals surface area contributed by atoms with Gasteiger partial charge in [-0.3, -0.25) is 0 Å². The second-order valence-electron chi connectivity index (χ2n) is 8.09. The van der Waals surface area contributed by atoms with Crippen LogP contribution in [0.15, 0.2) is 59.1 Å². The summed E-state index contributed by atoms with van der Waals surface area (Å²) in [5.41, 5.74) is 2.63. The van der Waals surface area contributed by atoms with Crippen molar-refractivity contribution in [2.45, 2.75) is 31.9 Å². The van der Waals surface area contributed by atoms with Gasteiger partial charge in [-0.2, -0.15) is 13.4 Å². The molecule has 0 saturated carbocycles. The molecule has 3 aromatic rings. The summed E-state index contributed by atoms with van der Waals surface area (Å²) in [6, 6.07) is 16.4. The van der Waals surface area contributed by atoms with E-state index in [1.807, 2.05) is 73.6 Å². The number of nitrogens with zero attached hydrogens (tertiary/aromatic N) is 3. The molecule has 0 saturated heterocycles. The van der Waals surface area contributed by atoms with Crippen molar-refractivity contribution in [3.8, 4) is 11.5 Å². The lowest BCUT2D eigenvalue weighted by Gasteiger charge is -2.15. The van der Waals surface area contributed by atoms with Gasteiger partial charge in [0.15, 0.2) is 5.82 Å². The van der Waals surface area contributed by atoms with Crippen molar-refractivity contribution >= 4 is 22.0 Å². The lowest BCUT2D eigenvalue weighted by atomic mass is 10.1. The lowest BCUT2D eigenvalue weighted by Crippen LogP contribution is -2.32. The number of unbranched alkanes of at least 4 members (excludes halogenated alkanes) is 1. The van der Waals surface area contributed by atoms with Crippen LogP contribution in [-0.4, -0.2) is 45.3 Å². The second-order valence-corrected chi connectivity index (χ2v) is 9.47. The molecule has 1 aromatic heterocycles. The van der Waals surface area contributed by atoms with Gasteiger partial charge in [0, 0.05) is 31.9 Å². The molecule has 0 unspecified atom stereocenters. The molecular weight excluding hydrogens is 472 g/mol. The number of aromatic nitrogens is 2. The van der Waals surface area contributed by atoms with Crippen LogP contribution in [0, 0.1) is 0 Å². The van der Waals surface area contributed by atoms with Gasteiger partial charge >= 0.3 is 6.09 Å². The number of carbonyl (C=O) groups excluding carboxylic acids is 1. The molecule has 11 nitrogen and oxygen atoms in total. The summed E-state index contributed by atoms with van der Waals surface area (Å²) < 4.78 is 35.1. The Balaban J connectivity index is 1.66. The van der Waals surface area contributed by atoms with Crippen LogP contribution < -0.4 is 20.1 Å². The first-order valence-corrected chi connectivity index (χ1v) is 12.6. The molecule has 1 amide bonds. The number of carbonyl (C=O) groups is 1. The summed E-state index contributed by atoms with van der Waals surface area (Å²) in [6.07, 6.45) is 0.881. The summed E-state index contributed by atoms with van der Waals surface area (Å²) >= 11 is 0. The Labute approximate surface area is 204 Å². The molecule has 0 radical (unpaired) electrons. The van der Waals surface area contributed by atoms with Gasteiger partial charge in [-0.05, 0) is 49.1 Å². The summed E-state index contributed by atoms with van der Waals surface area (Å²) in [5.74, 6) is 0.624. The molecule has 0 aliphatic rings. The first-order chi connectivity index (χ1) is 16.7. The van der Waals surface area contributed by atoms with Gasteiger partial charge in [0.25, 0.3) is 16.1 Å². The van der Waals surface area contributed by atoms with Crippen LogP contribution in [0.25, 0.3) is 11.5 Å². The van der Waals surface area contributed by atoms with Crippen LogP contribution in [0.3, 0.4) is 0 Å². The Morgan fingerprint density at radius 3 is 2.49 bits per heavy atom. The largest absolute Gasteiger partial charge is 0.445 e. The first-order valence-electron chi connectivity index (χ1n) is 11.1. The van der Waals surface area contributed by atoms with Crippen molar-refractivity contribution in [2.24, 2.45) is 5.14 Å². The average Bonchev–Trinajstić information content (AvgIpc) is 3.32. The zero-order chi connectivity index (χ0) is 25.3. The van der Waals surface area contributed by atoms with Crippen molar-refractivity contribution in [1.82, 2.24) is 20.2 Å². The van der Waals surface area contributed by atoms with Crippen LogP contribution in [-0.2, 0) is 21.6 Å². The molecule has 1 heterocycles. The summed E-state index contributed by atoms with van der Waals surface area (Å²) in [4.78, 5) is 18.9. The molecule has 0 aliphatic carbocycles. The third kappa shape index (κ3) is 8.67. The molecule has 188 valence electrons. The molecule has 0 bridgehead atoms. The summed E-state index contributed by atoms with van der Waals surface area (Å²) in [7, 11) is 0.152. The van der Waals surface area contributed by atoms with Gasteiger partial charge in [-0.1, -0.05) is 35.5 Å². The Kier molecular flexibility index (Phi) is 9.18. The van der Waals surface area contributed by atoms with Crippen LogP contribution in [0.1, 0.15) is 36.7 Å². The number of rotatable bonds is 12. The zero-order valence-corrected chi connectivity index (χ0v) is 20.5. The predicted octanol–water partition coefficient (Wildman–Crippen LogP) is 2.73. The topological polar surface area (TPSA) is 153 Å². The molecule has 12 heteroatoms. The first kappa shape index (κ1) is 26.1. The van der Waals surface area contributed by atoms with Crippen molar-refractivity contribution in [3.05, 3.63) is 66.0 Å². The van der Waals surface area contributed by atoms with Gasteiger partial charge < -0.3 is 19.5 Å². The van der Waals surface area contributed by atoms with E-state index in [0.717, 1.165) is 16.8 Å². The highest BCUT2D eigenvalue weighted by molar-refractivity contribution is 7.87. The van der Waals surface area contributed by atoms with Crippen molar-refractivity contribution < 1.29 is 22.5 Å². The van der Waals surface area contributed by atoms with Crippen molar-refractivity contribution in [3.63, 3.8) is 0 Å². The minimum Gasteiger partial charge on any atom is -0.445 e. The molecule has 3 rings (SSSR count). The molecular formula is C23H30N6O5S. The van der Waals surface area contributed by atoms with Crippen LogP contribution in [0.5, 0.6) is 0 Å². The molecule has 4 N–H and O–H groups in total. The van der Waals surface area contributed by atoms with E-state index >= 15 is 0 Å². The Bertz CT molecular complexity index is 1180. The van der Waals surface area contributed by atoms with E-state index in [1.54, 1.807) is 0 Å². The number of hydrogen-bond donors (Lipinski definition) is 3. The third-order valence-electron chi connectivity index (χ3n) is 5.11. The Morgan fingerprint density at radius 2 is 1.83 bits per heavy atom. The fourth-order valence-corrected chi connectivity index (χ4v) is 3.69. The maximum atomic E-state index is 12.5. The SMILES string of the molecule is CN(C)c1ccc(-c2nc([C@H](CCCCNS(N)(=O)=O)NC(=O)OCc3ccccc3)no2)cc1. The maximum absolute atomic E-state index is 12.5. The molecule has 0 spiro atoms. The fraction of sp³-hybridized carbons (Fsp3) is 0.348. The van der Waals surface area contributed by atoms with E-state index in [0.29, 0.717) is 31.0 Å². The summed E-state index contributed by atoms with van der Waals surface area (Å²) in [5, 5.41) is 11.8. The minimum absolute atomic E-state index is 0.118. The number of anilines is 1. The smallest absolute Gasteiger partial charge is 0.408 e. The quantitative estimate of drug-likeness (QED) is 0.320.